The maximum absolute atomic E-state index is 14.3. The second kappa shape index (κ2) is 23.2. The molecule has 1 saturated heterocycles. The number of pyridine rings is 1. The van der Waals surface area contributed by atoms with Crippen molar-refractivity contribution in [3.63, 3.8) is 0 Å². The molecular formula is C56H58F3N11O8S2. The van der Waals surface area contributed by atoms with Crippen molar-refractivity contribution in [3.8, 4) is 44.3 Å². The minimum Gasteiger partial charge on any atom is -0.492 e. The molecule has 5 heterocycles. The Labute approximate surface area is 463 Å². The third-order valence-electron chi connectivity index (χ3n) is 13.6. The van der Waals surface area contributed by atoms with Gasteiger partial charge in [0, 0.05) is 61.2 Å². The van der Waals surface area contributed by atoms with E-state index >= 15 is 0 Å². The molecule has 0 aliphatic carbocycles. The largest absolute Gasteiger partial charge is 0.492 e. The Morgan fingerprint density at radius 1 is 0.963 bits per heavy atom. The number of rotatable bonds is 19. The van der Waals surface area contributed by atoms with E-state index in [0.717, 1.165) is 21.7 Å². The van der Waals surface area contributed by atoms with Gasteiger partial charge in [-0.1, -0.05) is 69.3 Å². The summed E-state index contributed by atoms with van der Waals surface area (Å²) in [5.41, 5.74) is 13.3. The predicted molar refractivity (Wildman–Crippen MR) is 296 cm³/mol. The third-order valence-corrected chi connectivity index (χ3v) is 15.5. The van der Waals surface area contributed by atoms with Gasteiger partial charge < -0.3 is 35.8 Å². The lowest BCUT2D eigenvalue weighted by atomic mass is 9.85. The number of carbonyl (C=O) groups is 3. The summed E-state index contributed by atoms with van der Waals surface area (Å²) in [6.45, 7) is 9.55. The maximum Gasteiger partial charge on any atom is 0.355 e. The van der Waals surface area contributed by atoms with Crippen LogP contribution in [-0.2, 0) is 39.7 Å². The van der Waals surface area contributed by atoms with Crippen LogP contribution in [-0.4, -0.2) is 103 Å². The molecule has 4 aromatic carbocycles. The number of aliphatic hydroxyl groups is 1. The van der Waals surface area contributed by atoms with Crippen LogP contribution in [0, 0.1) is 18.2 Å². The smallest absolute Gasteiger partial charge is 0.355 e. The Balaban J connectivity index is 0.852. The Kier molecular flexibility index (Phi) is 16.3. The molecule has 0 saturated carbocycles. The van der Waals surface area contributed by atoms with Crippen LogP contribution in [0.5, 0.6) is 11.5 Å². The fraction of sp³-hybridized carbons (Fsp3) is 0.304. The number of aliphatic hydroxyl groups excluding tert-OH is 1. The lowest BCUT2D eigenvalue weighted by molar-refractivity contribution is -0.142. The van der Waals surface area contributed by atoms with E-state index in [-0.39, 0.29) is 55.5 Å². The van der Waals surface area contributed by atoms with Gasteiger partial charge in [0.2, 0.25) is 11.8 Å². The summed E-state index contributed by atoms with van der Waals surface area (Å²) >= 11 is 1.55. The molecule has 24 heteroatoms. The first-order valence-electron chi connectivity index (χ1n) is 25.3. The summed E-state index contributed by atoms with van der Waals surface area (Å²) in [5, 5.41) is 26.3. The van der Waals surface area contributed by atoms with Gasteiger partial charge in [-0.05, 0) is 78.4 Å². The molecule has 6 N–H and O–H groups in total. The fourth-order valence-electron chi connectivity index (χ4n) is 9.39. The van der Waals surface area contributed by atoms with Crippen molar-refractivity contribution >= 4 is 61.5 Å². The number of amides is 3. The molecule has 0 bridgehead atoms. The van der Waals surface area contributed by atoms with Gasteiger partial charge in [-0.3, -0.25) is 28.5 Å². The van der Waals surface area contributed by atoms with E-state index in [0.29, 0.717) is 44.6 Å². The Morgan fingerprint density at radius 3 is 2.40 bits per heavy atom. The van der Waals surface area contributed by atoms with E-state index in [4.69, 9.17) is 20.3 Å². The van der Waals surface area contributed by atoms with Crippen molar-refractivity contribution in [1.82, 2.24) is 45.1 Å². The molecule has 80 heavy (non-hydrogen) atoms. The second-order valence-corrected chi connectivity index (χ2v) is 22.9. The number of nitrogens with one attached hydrogen (secondary N) is 3. The number of alkyl halides is 2. The first-order chi connectivity index (χ1) is 38.0. The van der Waals surface area contributed by atoms with Crippen LogP contribution >= 0.6 is 11.3 Å². The van der Waals surface area contributed by atoms with Crippen LogP contribution in [0.25, 0.3) is 43.7 Å². The van der Waals surface area contributed by atoms with Crippen LogP contribution in [0.15, 0.2) is 115 Å². The van der Waals surface area contributed by atoms with E-state index in [1.54, 1.807) is 83.0 Å². The highest BCUT2D eigenvalue weighted by molar-refractivity contribution is 7.93. The van der Waals surface area contributed by atoms with Gasteiger partial charge in [0.15, 0.2) is 0 Å². The molecule has 1 aliphatic heterocycles. The summed E-state index contributed by atoms with van der Waals surface area (Å²) in [6, 6.07) is 21.9. The average Bonchev–Trinajstić information content (AvgIpc) is 4.28. The van der Waals surface area contributed by atoms with Gasteiger partial charge in [0.05, 0.1) is 51.5 Å². The first-order valence-corrected chi connectivity index (χ1v) is 27.8. The molecule has 1 fully saturated rings. The van der Waals surface area contributed by atoms with E-state index in [9.17, 15) is 41.1 Å². The summed E-state index contributed by atoms with van der Waals surface area (Å²) in [7, 11) is -3.40. The van der Waals surface area contributed by atoms with Crippen LogP contribution in [0.4, 0.5) is 24.7 Å². The van der Waals surface area contributed by atoms with Crippen LogP contribution in [0.3, 0.4) is 0 Å². The molecule has 1 aliphatic rings. The number of hydrogen-bond acceptors (Lipinski definition) is 14. The van der Waals surface area contributed by atoms with Crippen molar-refractivity contribution in [2.24, 2.45) is 12.5 Å². The number of benzene rings is 4. The number of ether oxygens (including phenoxy) is 2. The van der Waals surface area contributed by atoms with Crippen LogP contribution < -0.4 is 30.6 Å². The number of β-amino-alcohol motifs (C(OH)–C–C–N with tert-alkyl or cyclic N) is 1. The van der Waals surface area contributed by atoms with Crippen molar-refractivity contribution in [2.45, 2.75) is 84.2 Å². The van der Waals surface area contributed by atoms with E-state index < -0.39 is 69.0 Å². The van der Waals surface area contributed by atoms with Gasteiger partial charge in [0.1, 0.15) is 53.6 Å². The highest BCUT2D eigenvalue weighted by Gasteiger charge is 2.44. The zero-order chi connectivity index (χ0) is 57.2. The summed E-state index contributed by atoms with van der Waals surface area (Å²) in [4.78, 5) is 53.1. The number of sulfonamides is 1. The number of nitrogen functional groups attached to an aromatic ring is 1. The van der Waals surface area contributed by atoms with Crippen molar-refractivity contribution in [1.29, 1.82) is 0 Å². The molecular weight excluding hydrogens is 1080 g/mol. The van der Waals surface area contributed by atoms with Crippen molar-refractivity contribution in [2.75, 3.05) is 23.6 Å². The van der Waals surface area contributed by atoms with E-state index in [2.05, 4.69) is 25.7 Å². The van der Waals surface area contributed by atoms with Crippen molar-refractivity contribution < 1.29 is 50.6 Å². The molecule has 8 aromatic rings. The highest BCUT2D eigenvalue weighted by Crippen LogP contribution is 2.41. The molecule has 3 amide bonds. The number of aromatic nitrogens is 6. The lowest BCUT2D eigenvalue weighted by Gasteiger charge is -2.35. The number of hydrogen-bond donors (Lipinski definition) is 5. The Morgan fingerprint density at radius 2 is 1.70 bits per heavy atom. The zero-order valence-electron chi connectivity index (χ0n) is 44.4. The van der Waals surface area contributed by atoms with E-state index in [1.807, 2.05) is 56.7 Å². The number of aryl methyl sites for hydroxylation is 2. The molecule has 4 aromatic heterocycles. The molecule has 418 valence electrons. The number of carbonyl (C=O) groups excluding carboxylic acids is 3. The standard InChI is InChI=1S/C56H58F3N11O8S2/c1-31-49(79-30-63-31)35-12-10-33(11-13-35)25-62-53(73)44-24-40(71)29-70(44)54(74)50(56(3,4)5)65-52(72)37-8-7-9-41(22-37)77-21-20-69-28-38(26-64-69)42-27-61-51(60)46-47(66-68(6)48(42)46)36-16-19-43(67-80(75,76)55(58)59)45(23-36)78-32(2)34-14-17-39(57)18-15-34/h7-19,22-23,26-28,30,32,40,44,50,55,67,71H,20-21,24-25,29H2,1-6H3,(H2,60,61)(H,62,73)(H,65,72)/t32?,40-,44+,50?/m1/s1. The topological polar surface area (TPSA) is 251 Å². The minimum atomic E-state index is -5.10. The lowest BCUT2D eigenvalue weighted by Crippen LogP contribution is -2.57. The average molecular weight is 1130 g/mol. The van der Waals surface area contributed by atoms with Gasteiger partial charge in [0.25, 0.3) is 15.9 Å². The fourth-order valence-corrected chi connectivity index (χ4v) is 10.8. The van der Waals surface area contributed by atoms with Crippen LogP contribution in [0.2, 0.25) is 0 Å². The number of nitrogens with zero attached hydrogens (tertiary/aromatic N) is 7. The number of fused-ring (bicyclic) bond motifs is 1. The molecule has 19 nitrogen and oxygen atoms in total. The third kappa shape index (κ3) is 12.4. The zero-order valence-corrected chi connectivity index (χ0v) is 46.0. The number of nitrogens with two attached hydrogens (primary N) is 1. The normalized spacial score (nSPS) is 15.5. The molecule has 0 spiro atoms. The second-order valence-electron chi connectivity index (χ2n) is 20.4. The molecule has 2 unspecified atom stereocenters. The number of halogens is 3. The SMILES string of the molecule is Cc1ncsc1-c1ccc(CNC(=O)[C@@H]2C[C@@H](O)CN2C(=O)C(NC(=O)c2cccc(OCCn3cc(-c4cnc(N)c5c(-c6ccc(NS(=O)(=O)C(F)F)c(OC(C)c7ccc(F)cc7)c6)nn(C)c45)cn3)c2)C(C)(C)C)cc1. The maximum atomic E-state index is 14.3. The molecule has 0 radical (unpaired) electrons. The van der Waals surface area contributed by atoms with E-state index in [1.165, 1.54) is 47.4 Å². The van der Waals surface area contributed by atoms with Gasteiger partial charge >= 0.3 is 5.76 Å². The summed E-state index contributed by atoms with van der Waals surface area (Å²) in [6.07, 6.45) is 3.32. The summed E-state index contributed by atoms with van der Waals surface area (Å²) in [5.74, 6) is -5.28. The first kappa shape index (κ1) is 56.4. The summed E-state index contributed by atoms with van der Waals surface area (Å²) < 4.78 is 82.7. The van der Waals surface area contributed by atoms with Gasteiger partial charge in [-0.15, -0.1) is 11.3 Å². The van der Waals surface area contributed by atoms with Crippen LogP contribution in [0.1, 0.15) is 67.4 Å². The molecule has 9 rings (SSSR count). The molecule has 4 atom stereocenters. The number of thiazole rings is 1. The Hall–Kier alpha value is -8.35. The number of anilines is 2. The minimum absolute atomic E-state index is 0.0457. The van der Waals surface area contributed by atoms with Gasteiger partial charge in [-0.25, -0.2) is 22.8 Å². The monoisotopic (exact) mass is 1130 g/mol. The van der Waals surface area contributed by atoms with Crippen molar-refractivity contribution in [3.05, 3.63) is 143 Å². The number of likely N-dealkylation sites (tertiary alicyclic amines) is 1. The van der Waals surface area contributed by atoms with Gasteiger partial charge in [-0.2, -0.15) is 19.0 Å². The highest BCUT2D eigenvalue weighted by atomic mass is 32.2. The quantitative estimate of drug-likeness (QED) is 0.0512. The predicted octanol–water partition coefficient (Wildman–Crippen LogP) is 8.26. The Bertz CT molecular complexity index is 3700.